The van der Waals surface area contributed by atoms with E-state index in [0.29, 0.717) is 17.8 Å². The number of hydrogen-bond acceptors (Lipinski definition) is 2. The average molecular weight is 531 g/mol. The third-order valence-corrected chi connectivity index (χ3v) is 8.34. The molecule has 37 heavy (non-hydrogen) atoms. The molecular formula is C28H36F6N2O. The summed E-state index contributed by atoms with van der Waals surface area (Å²) in [6.07, 6.45) is 0.369. The SMILES string of the molecule is CC1=C(c2cc(C(F)(F)F)cc(C(F)(F)F)c2)N(CC2CCCCC2)C(C)(C(=O)NC2CCCCC2)C1. The van der Waals surface area contributed by atoms with Crippen LogP contribution in [0.2, 0.25) is 0 Å². The van der Waals surface area contributed by atoms with Gasteiger partial charge in [-0.3, -0.25) is 4.79 Å². The summed E-state index contributed by atoms with van der Waals surface area (Å²) in [5.41, 5.74) is -2.94. The minimum absolute atomic E-state index is 0.0457. The lowest BCUT2D eigenvalue weighted by atomic mass is 9.86. The van der Waals surface area contributed by atoms with Crippen molar-refractivity contribution in [2.75, 3.05) is 6.54 Å². The van der Waals surface area contributed by atoms with Crippen LogP contribution in [0, 0.1) is 5.92 Å². The van der Waals surface area contributed by atoms with Gasteiger partial charge >= 0.3 is 12.4 Å². The van der Waals surface area contributed by atoms with Crippen LogP contribution in [0.5, 0.6) is 0 Å². The molecule has 2 fully saturated rings. The summed E-state index contributed by atoms with van der Waals surface area (Å²) in [6.45, 7) is 3.93. The first kappa shape index (κ1) is 27.8. The van der Waals surface area contributed by atoms with Gasteiger partial charge in [0.1, 0.15) is 5.54 Å². The zero-order valence-electron chi connectivity index (χ0n) is 21.5. The Kier molecular flexibility index (Phi) is 7.92. The smallest absolute Gasteiger partial charge is 0.356 e. The lowest BCUT2D eigenvalue weighted by molar-refractivity contribution is -0.143. The van der Waals surface area contributed by atoms with Crippen LogP contribution in [-0.2, 0) is 17.1 Å². The van der Waals surface area contributed by atoms with E-state index in [1.165, 1.54) is 0 Å². The molecule has 206 valence electrons. The van der Waals surface area contributed by atoms with Gasteiger partial charge in [-0.25, -0.2) is 0 Å². The number of benzene rings is 1. The Morgan fingerprint density at radius 3 is 1.92 bits per heavy atom. The first-order chi connectivity index (χ1) is 17.3. The molecular weight excluding hydrogens is 494 g/mol. The molecule has 1 amide bonds. The Morgan fingerprint density at radius 1 is 0.892 bits per heavy atom. The highest BCUT2D eigenvalue weighted by Gasteiger charge is 2.48. The molecule has 0 saturated heterocycles. The number of hydrogen-bond donors (Lipinski definition) is 1. The van der Waals surface area contributed by atoms with Gasteiger partial charge in [0.05, 0.1) is 11.1 Å². The molecule has 1 atom stereocenters. The highest BCUT2D eigenvalue weighted by atomic mass is 19.4. The molecule has 2 aliphatic carbocycles. The molecule has 1 heterocycles. The predicted molar refractivity (Wildman–Crippen MR) is 130 cm³/mol. The molecule has 3 nitrogen and oxygen atoms in total. The molecule has 1 aromatic rings. The highest BCUT2D eigenvalue weighted by molar-refractivity contribution is 5.91. The lowest BCUT2D eigenvalue weighted by Gasteiger charge is -2.42. The summed E-state index contributed by atoms with van der Waals surface area (Å²) >= 11 is 0. The van der Waals surface area contributed by atoms with Gasteiger partial charge in [0.25, 0.3) is 0 Å². The first-order valence-corrected chi connectivity index (χ1v) is 13.4. The van der Waals surface area contributed by atoms with Crippen molar-refractivity contribution in [3.8, 4) is 0 Å². The molecule has 0 radical (unpaired) electrons. The Hall–Kier alpha value is -2.19. The van der Waals surface area contributed by atoms with Gasteiger partial charge in [-0.1, -0.05) is 38.5 Å². The maximum absolute atomic E-state index is 13.7. The van der Waals surface area contributed by atoms with E-state index >= 15 is 0 Å². The number of alkyl halides is 6. The van der Waals surface area contributed by atoms with E-state index in [2.05, 4.69) is 5.32 Å². The Balaban J connectivity index is 1.75. The zero-order chi connectivity index (χ0) is 27.0. The summed E-state index contributed by atoms with van der Waals surface area (Å²) in [5.74, 6) is 0.0249. The van der Waals surface area contributed by atoms with Gasteiger partial charge in [0.15, 0.2) is 0 Å². The normalized spacial score (nSPS) is 24.6. The minimum atomic E-state index is -4.93. The van der Waals surface area contributed by atoms with Crippen LogP contribution >= 0.6 is 0 Å². The van der Waals surface area contributed by atoms with Crippen molar-refractivity contribution < 1.29 is 31.1 Å². The van der Waals surface area contributed by atoms with Crippen LogP contribution in [0.15, 0.2) is 23.8 Å². The van der Waals surface area contributed by atoms with Gasteiger partial charge in [-0.15, -0.1) is 0 Å². The molecule has 4 rings (SSSR count). The average Bonchev–Trinajstić information content (AvgIpc) is 3.09. The monoisotopic (exact) mass is 530 g/mol. The van der Waals surface area contributed by atoms with Crippen molar-refractivity contribution in [2.24, 2.45) is 5.92 Å². The highest BCUT2D eigenvalue weighted by Crippen LogP contribution is 2.46. The topological polar surface area (TPSA) is 32.3 Å². The molecule has 9 heteroatoms. The van der Waals surface area contributed by atoms with Crippen LogP contribution in [0.3, 0.4) is 0 Å². The minimum Gasteiger partial charge on any atom is -0.356 e. The molecule has 0 bridgehead atoms. The number of amides is 1. The standard InChI is InChI=1S/C28H36F6N2O/c1-18-16-26(2,25(37)35-23-11-7-4-8-12-23)36(17-19-9-5-3-6-10-19)24(18)20-13-21(27(29,30)31)15-22(14-20)28(32,33)34/h13-15,19,23H,3-12,16-17H2,1-2H3,(H,35,37). The zero-order valence-corrected chi connectivity index (χ0v) is 21.5. The van der Waals surface area contributed by atoms with Crippen LogP contribution in [0.4, 0.5) is 26.3 Å². The molecule has 0 aromatic heterocycles. The second-order valence-corrected chi connectivity index (χ2v) is 11.3. The second-order valence-electron chi connectivity index (χ2n) is 11.3. The van der Waals surface area contributed by atoms with Crippen molar-refractivity contribution >= 4 is 11.6 Å². The van der Waals surface area contributed by atoms with Gasteiger partial charge in [-0.05, 0) is 74.8 Å². The fraction of sp³-hybridized carbons (Fsp3) is 0.679. The van der Waals surface area contributed by atoms with E-state index in [9.17, 15) is 31.1 Å². The Morgan fingerprint density at radius 2 is 1.41 bits per heavy atom. The first-order valence-electron chi connectivity index (χ1n) is 13.4. The van der Waals surface area contributed by atoms with Gasteiger partial charge < -0.3 is 10.2 Å². The molecule has 1 unspecified atom stereocenters. The molecule has 1 N–H and O–H groups in total. The van der Waals surface area contributed by atoms with E-state index < -0.39 is 29.0 Å². The fourth-order valence-corrected chi connectivity index (χ4v) is 6.38. The summed E-state index contributed by atoms with van der Waals surface area (Å²) in [7, 11) is 0. The maximum atomic E-state index is 13.7. The summed E-state index contributed by atoms with van der Waals surface area (Å²) in [5, 5.41) is 3.17. The number of carbonyl (C=O) groups excluding carboxylic acids is 1. The van der Waals surface area contributed by atoms with Crippen molar-refractivity contribution in [1.29, 1.82) is 0 Å². The third kappa shape index (κ3) is 6.11. The lowest BCUT2D eigenvalue weighted by Crippen LogP contribution is -2.56. The van der Waals surface area contributed by atoms with E-state index in [-0.39, 0.29) is 35.9 Å². The van der Waals surface area contributed by atoms with Crippen molar-refractivity contribution in [3.63, 3.8) is 0 Å². The molecule has 3 aliphatic rings. The Bertz CT molecular complexity index is 986. The quantitative estimate of drug-likeness (QED) is 0.392. The summed E-state index contributed by atoms with van der Waals surface area (Å²) in [6, 6.07) is 1.80. The maximum Gasteiger partial charge on any atom is 0.416 e. The summed E-state index contributed by atoms with van der Waals surface area (Å²) < 4.78 is 82.0. The van der Waals surface area contributed by atoms with Crippen LogP contribution < -0.4 is 5.32 Å². The molecule has 1 aliphatic heterocycles. The van der Waals surface area contributed by atoms with Crippen LogP contribution in [0.25, 0.3) is 5.70 Å². The number of halogens is 6. The third-order valence-electron chi connectivity index (χ3n) is 8.34. The van der Waals surface area contributed by atoms with Crippen molar-refractivity contribution in [1.82, 2.24) is 10.2 Å². The molecule has 0 spiro atoms. The van der Waals surface area contributed by atoms with E-state index in [4.69, 9.17) is 0 Å². The number of rotatable bonds is 5. The van der Waals surface area contributed by atoms with Crippen molar-refractivity contribution in [3.05, 3.63) is 40.5 Å². The predicted octanol–water partition coefficient (Wildman–Crippen LogP) is 7.95. The summed E-state index contributed by atoms with van der Waals surface area (Å²) in [4.78, 5) is 15.5. The molecule has 1 aromatic carbocycles. The van der Waals surface area contributed by atoms with Gasteiger partial charge in [-0.2, -0.15) is 26.3 Å². The molecule has 2 saturated carbocycles. The van der Waals surface area contributed by atoms with Crippen molar-refractivity contribution in [2.45, 2.75) is 108 Å². The fourth-order valence-electron chi connectivity index (χ4n) is 6.38. The second kappa shape index (κ2) is 10.5. The number of carbonyl (C=O) groups is 1. The van der Waals surface area contributed by atoms with Crippen LogP contribution in [-0.4, -0.2) is 28.9 Å². The van der Waals surface area contributed by atoms with E-state index in [1.54, 1.807) is 13.8 Å². The largest absolute Gasteiger partial charge is 0.416 e. The van der Waals surface area contributed by atoms with Gasteiger partial charge in [0.2, 0.25) is 5.91 Å². The van der Waals surface area contributed by atoms with E-state index in [1.807, 2.05) is 4.90 Å². The Labute approximate surface area is 214 Å². The number of nitrogens with one attached hydrogen (secondary N) is 1. The van der Waals surface area contributed by atoms with Crippen LogP contribution in [0.1, 0.15) is 101 Å². The number of nitrogens with zero attached hydrogens (tertiary/aromatic N) is 1. The van der Waals surface area contributed by atoms with E-state index in [0.717, 1.165) is 76.3 Å². The van der Waals surface area contributed by atoms with Gasteiger partial charge in [0, 0.05) is 24.7 Å².